The standard InChI is InChI=1S/C13H10F2O5/c1-5-6-3-8(14)11(17)10(15)12(6)20-13(18)7(5)4-9(16)19-2/h3,17H,4H2,1-2H3. The molecule has 0 unspecified atom stereocenters. The lowest BCUT2D eigenvalue weighted by molar-refractivity contribution is -0.139. The van der Waals surface area contributed by atoms with Crippen molar-refractivity contribution >= 4 is 16.9 Å². The monoisotopic (exact) mass is 284 g/mol. The van der Waals surface area contributed by atoms with Gasteiger partial charge in [-0.25, -0.2) is 9.18 Å². The molecule has 2 rings (SSSR count). The van der Waals surface area contributed by atoms with Crippen molar-refractivity contribution in [3.63, 3.8) is 0 Å². The van der Waals surface area contributed by atoms with Crippen LogP contribution in [0.5, 0.6) is 5.75 Å². The van der Waals surface area contributed by atoms with E-state index in [-0.39, 0.29) is 22.9 Å². The van der Waals surface area contributed by atoms with Crippen molar-refractivity contribution in [2.24, 2.45) is 0 Å². The Morgan fingerprint density at radius 1 is 1.45 bits per heavy atom. The normalized spacial score (nSPS) is 10.8. The molecule has 0 aliphatic rings. The molecule has 0 aliphatic carbocycles. The van der Waals surface area contributed by atoms with E-state index in [9.17, 15) is 18.4 Å². The Hall–Kier alpha value is -2.44. The Kier molecular flexibility index (Phi) is 3.44. The van der Waals surface area contributed by atoms with Crippen molar-refractivity contribution in [2.75, 3.05) is 7.11 Å². The minimum atomic E-state index is -1.36. The number of benzene rings is 1. The van der Waals surface area contributed by atoms with E-state index in [0.29, 0.717) is 0 Å². The van der Waals surface area contributed by atoms with Crippen LogP contribution in [0.4, 0.5) is 8.78 Å². The zero-order valence-corrected chi connectivity index (χ0v) is 10.6. The Balaban J connectivity index is 2.79. The summed E-state index contributed by atoms with van der Waals surface area (Å²) in [5.74, 6) is -4.44. The largest absolute Gasteiger partial charge is 0.503 e. The predicted molar refractivity (Wildman–Crippen MR) is 64.5 cm³/mol. The summed E-state index contributed by atoms with van der Waals surface area (Å²) in [6.07, 6.45) is -0.370. The molecule has 0 bridgehead atoms. The summed E-state index contributed by atoms with van der Waals surface area (Å²) in [6, 6.07) is 0.840. The first-order chi connectivity index (χ1) is 9.36. The number of hydrogen-bond acceptors (Lipinski definition) is 5. The summed E-state index contributed by atoms with van der Waals surface area (Å²) in [5.41, 5.74) is -1.35. The van der Waals surface area contributed by atoms with Crippen LogP contribution in [-0.4, -0.2) is 18.2 Å². The average molecular weight is 284 g/mol. The van der Waals surface area contributed by atoms with Crippen LogP contribution in [0.15, 0.2) is 15.3 Å². The Morgan fingerprint density at radius 2 is 2.10 bits per heavy atom. The van der Waals surface area contributed by atoms with Crippen LogP contribution < -0.4 is 5.63 Å². The lowest BCUT2D eigenvalue weighted by Crippen LogP contribution is -2.16. The number of carbonyl (C=O) groups is 1. The second-order valence-electron chi connectivity index (χ2n) is 4.14. The van der Waals surface area contributed by atoms with E-state index in [2.05, 4.69) is 4.74 Å². The lowest BCUT2D eigenvalue weighted by Gasteiger charge is -2.08. The zero-order valence-electron chi connectivity index (χ0n) is 10.6. The number of fused-ring (bicyclic) bond motifs is 1. The maximum Gasteiger partial charge on any atom is 0.340 e. The van der Waals surface area contributed by atoms with E-state index < -0.39 is 34.6 Å². The van der Waals surface area contributed by atoms with Crippen LogP contribution in [0.25, 0.3) is 11.0 Å². The van der Waals surface area contributed by atoms with Crippen LogP contribution in [0, 0.1) is 18.6 Å². The SMILES string of the molecule is COC(=O)Cc1c(C)c2cc(F)c(O)c(F)c2oc1=O. The highest BCUT2D eigenvalue weighted by atomic mass is 19.1. The van der Waals surface area contributed by atoms with Gasteiger partial charge in [0.1, 0.15) is 0 Å². The first kappa shape index (κ1) is 14.0. The average Bonchev–Trinajstić information content (AvgIpc) is 2.42. The van der Waals surface area contributed by atoms with Gasteiger partial charge in [0.25, 0.3) is 0 Å². The highest BCUT2D eigenvalue weighted by molar-refractivity contribution is 5.84. The Labute approximate surface area is 111 Å². The van der Waals surface area contributed by atoms with E-state index in [1.165, 1.54) is 6.92 Å². The number of phenolic OH excluding ortho intramolecular Hbond substituents is 1. The maximum atomic E-state index is 13.7. The summed E-state index contributed by atoms with van der Waals surface area (Å²) >= 11 is 0. The van der Waals surface area contributed by atoms with Crippen LogP contribution in [0.1, 0.15) is 11.1 Å². The number of hydrogen-bond donors (Lipinski definition) is 1. The number of aryl methyl sites for hydroxylation is 1. The third kappa shape index (κ3) is 2.11. The molecule has 0 saturated carbocycles. The summed E-state index contributed by atoms with van der Waals surface area (Å²) in [5, 5.41) is 9.12. The smallest absolute Gasteiger partial charge is 0.340 e. The van der Waals surface area contributed by atoms with Crippen molar-refractivity contribution in [1.29, 1.82) is 0 Å². The number of esters is 1. The van der Waals surface area contributed by atoms with Gasteiger partial charge < -0.3 is 14.3 Å². The fraction of sp³-hybridized carbons (Fsp3) is 0.231. The van der Waals surface area contributed by atoms with E-state index >= 15 is 0 Å². The highest BCUT2D eigenvalue weighted by Gasteiger charge is 2.21. The number of aromatic hydroxyl groups is 1. The molecule has 1 aromatic carbocycles. The minimum absolute atomic E-state index is 0.0312. The third-order valence-corrected chi connectivity index (χ3v) is 3.00. The van der Waals surface area contributed by atoms with Gasteiger partial charge in [-0.1, -0.05) is 0 Å². The molecule has 0 radical (unpaired) electrons. The minimum Gasteiger partial charge on any atom is -0.503 e. The van der Waals surface area contributed by atoms with Crippen LogP contribution in [0.3, 0.4) is 0 Å². The Bertz CT molecular complexity index is 764. The molecule has 0 aliphatic heterocycles. The predicted octanol–water partition coefficient (Wildman–Crippen LogP) is 1.80. The molecular formula is C13H10F2O5. The van der Waals surface area contributed by atoms with Gasteiger partial charge in [0, 0.05) is 5.39 Å². The summed E-state index contributed by atoms with van der Waals surface area (Å²) in [6.45, 7) is 1.42. The molecule has 20 heavy (non-hydrogen) atoms. The molecule has 0 spiro atoms. The molecular weight excluding hydrogens is 274 g/mol. The third-order valence-electron chi connectivity index (χ3n) is 3.00. The lowest BCUT2D eigenvalue weighted by atomic mass is 10.0. The number of halogens is 2. The molecule has 0 fully saturated rings. The molecule has 1 N–H and O–H groups in total. The van der Waals surface area contributed by atoms with Gasteiger partial charge in [-0.2, -0.15) is 4.39 Å². The van der Waals surface area contributed by atoms with E-state index in [0.717, 1.165) is 13.2 Å². The van der Waals surface area contributed by atoms with Crippen molar-refractivity contribution in [3.05, 3.63) is 39.2 Å². The number of phenols is 1. The van der Waals surface area contributed by atoms with Gasteiger partial charge in [-0.05, 0) is 18.6 Å². The van der Waals surface area contributed by atoms with Crippen LogP contribution in [-0.2, 0) is 16.0 Å². The van der Waals surface area contributed by atoms with Gasteiger partial charge in [0.2, 0.25) is 5.82 Å². The molecule has 106 valence electrons. The summed E-state index contributed by atoms with van der Waals surface area (Å²) in [4.78, 5) is 23.0. The van der Waals surface area contributed by atoms with Gasteiger partial charge in [0.05, 0.1) is 19.1 Å². The molecule has 0 atom stereocenters. The van der Waals surface area contributed by atoms with Crippen molar-refractivity contribution in [2.45, 2.75) is 13.3 Å². The summed E-state index contributed by atoms with van der Waals surface area (Å²) in [7, 11) is 1.15. The highest BCUT2D eigenvalue weighted by Crippen LogP contribution is 2.30. The number of ether oxygens (including phenoxy) is 1. The first-order valence-corrected chi connectivity index (χ1v) is 5.56. The van der Waals surface area contributed by atoms with Gasteiger partial charge >= 0.3 is 11.6 Å². The van der Waals surface area contributed by atoms with Gasteiger partial charge in [0.15, 0.2) is 17.1 Å². The van der Waals surface area contributed by atoms with E-state index in [4.69, 9.17) is 9.52 Å². The zero-order chi connectivity index (χ0) is 15.0. The molecule has 2 aromatic rings. The number of methoxy groups -OCH3 is 1. The fourth-order valence-electron chi connectivity index (χ4n) is 1.86. The Morgan fingerprint density at radius 3 is 2.70 bits per heavy atom. The van der Waals surface area contributed by atoms with Gasteiger partial charge in [-0.3, -0.25) is 4.79 Å². The number of carbonyl (C=O) groups excluding carboxylic acids is 1. The maximum absolute atomic E-state index is 13.7. The van der Waals surface area contributed by atoms with E-state index in [1.54, 1.807) is 0 Å². The number of rotatable bonds is 2. The topological polar surface area (TPSA) is 76.7 Å². The van der Waals surface area contributed by atoms with E-state index in [1.807, 2.05) is 0 Å². The van der Waals surface area contributed by atoms with Crippen molar-refractivity contribution in [3.8, 4) is 5.75 Å². The molecule has 0 saturated heterocycles. The van der Waals surface area contributed by atoms with Gasteiger partial charge in [-0.15, -0.1) is 0 Å². The molecule has 0 amide bonds. The molecule has 5 nitrogen and oxygen atoms in total. The fourth-order valence-corrected chi connectivity index (χ4v) is 1.86. The second-order valence-corrected chi connectivity index (χ2v) is 4.14. The first-order valence-electron chi connectivity index (χ1n) is 5.56. The second kappa shape index (κ2) is 4.92. The molecule has 7 heteroatoms. The quantitative estimate of drug-likeness (QED) is 0.672. The van der Waals surface area contributed by atoms with Crippen molar-refractivity contribution < 1.29 is 27.8 Å². The molecule has 1 heterocycles. The van der Waals surface area contributed by atoms with Crippen LogP contribution in [0.2, 0.25) is 0 Å². The van der Waals surface area contributed by atoms with Crippen molar-refractivity contribution in [1.82, 2.24) is 0 Å². The van der Waals surface area contributed by atoms with Crippen LogP contribution >= 0.6 is 0 Å². The summed E-state index contributed by atoms with van der Waals surface area (Å²) < 4.78 is 36.2. The molecule has 1 aromatic heterocycles.